The number of carbonyl (C=O) groups is 2. The number of aromatic nitrogens is 2. The number of aliphatic carboxylic acids is 1. The van der Waals surface area contributed by atoms with Crippen molar-refractivity contribution in [2.75, 3.05) is 25.0 Å². The third kappa shape index (κ3) is 6.22. The molecule has 8 nitrogen and oxygen atoms in total. The van der Waals surface area contributed by atoms with Gasteiger partial charge in [0.15, 0.2) is 0 Å². The lowest BCUT2D eigenvalue weighted by molar-refractivity contribution is -0.192. The lowest BCUT2D eigenvalue weighted by Crippen LogP contribution is -2.41. The van der Waals surface area contributed by atoms with Gasteiger partial charge in [0.05, 0.1) is 12.2 Å². The van der Waals surface area contributed by atoms with Crippen molar-refractivity contribution in [2.24, 2.45) is 0 Å². The van der Waals surface area contributed by atoms with Crippen LogP contribution in [0.3, 0.4) is 0 Å². The molecule has 4 rings (SSSR count). The highest BCUT2D eigenvalue weighted by atomic mass is 19.4. The van der Waals surface area contributed by atoms with E-state index in [9.17, 15) is 18.0 Å². The predicted octanol–water partition coefficient (Wildman–Crippen LogP) is 3.34. The summed E-state index contributed by atoms with van der Waals surface area (Å²) < 4.78 is 33.8. The van der Waals surface area contributed by atoms with E-state index in [0.717, 1.165) is 51.1 Å². The first kappa shape index (κ1) is 23.6. The molecule has 3 heterocycles. The van der Waals surface area contributed by atoms with Crippen molar-refractivity contribution in [2.45, 2.75) is 44.9 Å². The average molecular weight is 453 g/mol. The second-order valence-corrected chi connectivity index (χ2v) is 7.86. The topological polar surface area (TPSA) is 99.5 Å². The summed E-state index contributed by atoms with van der Waals surface area (Å²) in [6.07, 6.45) is 1.85. The molecule has 3 N–H and O–H groups in total. The molecule has 1 aromatic carbocycles. The number of amides is 2. The summed E-state index contributed by atoms with van der Waals surface area (Å²) >= 11 is 0. The molecule has 0 saturated carbocycles. The maximum absolute atomic E-state index is 12.6. The largest absolute Gasteiger partial charge is 0.490 e. The number of benzene rings is 1. The summed E-state index contributed by atoms with van der Waals surface area (Å²) in [4.78, 5) is 23.4. The van der Waals surface area contributed by atoms with E-state index in [1.165, 1.54) is 16.7 Å². The van der Waals surface area contributed by atoms with Gasteiger partial charge in [-0.05, 0) is 61.6 Å². The average Bonchev–Trinajstić information content (AvgIpc) is 3.20. The standard InChI is InChI=1S/C19H25N5O.C2HF3O2/c1-14-11-21-24(13-14)18-5-8-23(9-6-18)19(25)22-17-3-2-15-4-7-20-12-16(15)10-17;3-2(4,5)1(6)7/h2-3,10-11,13,18,20H,4-9,12H2,1H3,(H,22,25);(H,6,7). The van der Waals surface area contributed by atoms with Crippen LogP contribution in [0.1, 0.15) is 35.6 Å². The Balaban J connectivity index is 0.000000360. The number of carbonyl (C=O) groups excluding carboxylic acids is 1. The number of nitrogens with zero attached hydrogens (tertiary/aromatic N) is 3. The molecule has 1 saturated heterocycles. The summed E-state index contributed by atoms with van der Waals surface area (Å²) in [5.74, 6) is -2.76. The molecule has 174 valence electrons. The molecule has 0 atom stereocenters. The Labute approximate surface area is 183 Å². The van der Waals surface area contributed by atoms with Gasteiger partial charge in [-0.3, -0.25) is 4.68 Å². The highest BCUT2D eigenvalue weighted by Crippen LogP contribution is 2.24. The lowest BCUT2D eigenvalue weighted by atomic mass is 10.0. The Morgan fingerprint density at radius 2 is 1.91 bits per heavy atom. The zero-order valence-electron chi connectivity index (χ0n) is 17.7. The summed E-state index contributed by atoms with van der Waals surface area (Å²) in [7, 11) is 0. The molecule has 0 spiro atoms. The second kappa shape index (κ2) is 10.0. The molecule has 2 aromatic rings. The van der Waals surface area contributed by atoms with Crippen molar-refractivity contribution in [3.05, 3.63) is 47.3 Å². The van der Waals surface area contributed by atoms with Crippen LogP contribution < -0.4 is 10.6 Å². The zero-order chi connectivity index (χ0) is 23.3. The first-order valence-corrected chi connectivity index (χ1v) is 10.3. The molecule has 0 bridgehead atoms. The number of fused-ring (bicyclic) bond motifs is 1. The number of rotatable bonds is 2. The van der Waals surface area contributed by atoms with Crippen molar-refractivity contribution < 1.29 is 27.9 Å². The Bertz CT molecular complexity index is 952. The smallest absolute Gasteiger partial charge is 0.475 e. The molecule has 0 radical (unpaired) electrons. The normalized spacial score (nSPS) is 16.6. The van der Waals surface area contributed by atoms with Gasteiger partial charge < -0.3 is 20.6 Å². The first-order valence-electron chi connectivity index (χ1n) is 10.3. The van der Waals surface area contributed by atoms with Gasteiger partial charge in [0.25, 0.3) is 0 Å². The van der Waals surface area contributed by atoms with Crippen LogP contribution in [0, 0.1) is 6.92 Å². The van der Waals surface area contributed by atoms with Crippen molar-refractivity contribution in [1.29, 1.82) is 0 Å². The summed E-state index contributed by atoms with van der Waals surface area (Å²) in [6.45, 7) is 5.50. The van der Waals surface area contributed by atoms with E-state index in [-0.39, 0.29) is 6.03 Å². The third-order valence-electron chi connectivity index (χ3n) is 5.44. The van der Waals surface area contributed by atoms with Gasteiger partial charge in [-0.1, -0.05) is 6.07 Å². The summed E-state index contributed by atoms with van der Waals surface area (Å²) in [6, 6.07) is 6.64. The van der Waals surface area contributed by atoms with Gasteiger partial charge in [0, 0.05) is 31.5 Å². The number of halogens is 3. The van der Waals surface area contributed by atoms with Crippen LogP contribution in [0.4, 0.5) is 23.7 Å². The molecule has 2 aliphatic rings. The molecule has 1 fully saturated rings. The molecular formula is C21H26F3N5O3. The molecule has 1 aromatic heterocycles. The Kier molecular flexibility index (Phi) is 7.39. The predicted molar refractivity (Wildman–Crippen MR) is 111 cm³/mol. The van der Waals surface area contributed by atoms with E-state index in [0.29, 0.717) is 6.04 Å². The van der Waals surface area contributed by atoms with Gasteiger partial charge in [-0.15, -0.1) is 0 Å². The SMILES string of the molecule is Cc1cnn(C2CCN(C(=O)Nc3ccc4c(c3)CNCC4)CC2)c1.O=C(O)C(F)(F)F. The quantitative estimate of drug-likeness (QED) is 0.648. The Morgan fingerprint density at radius 1 is 1.22 bits per heavy atom. The number of alkyl halides is 3. The Hall–Kier alpha value is -3.08. The van der Waals surface area contributed by atoms with Crippen LogP contribution in [0.2, 0.25) is 0 Å². The third-order valence-corrected chi connectivity index (χ3v) is 5.44. The molecule has 32 heavy (non-hydrogen) atoms. The van der Waals surface area contributed by atoms with E-state index < -0.39 is 12.1 Å². The number of anilines is 1. The molecule has 0 aliphatic carbocycles. The van der Waals surface area contributed by atoms with E-state index in [4.69, 9.17) is 9.90 Å². The second-order valence-electron chi connectivity index (χ2n) is 7.86. The number of hydrogen-bond acceptors (Lipinski definition) is 4. The fourth-order valence-electron chi connectivity index (χ4n) is 3.73. The van der Waals surface area contributed by atoms with Crippen molar-refractivity contribution >= 4 is 17.7 Å². The van der Waals surface area contributed by atoms with E-state index in [1.54, 1.807) is 0 Å². The minimum absolute atomic E-state index is 0.00110. The molecule has 0 unspecified atom stereocenters. The van der Waals surface area contributed by atoms with E-state index >= 15 is 0 Å². The maximum Gasteiger partial charge on any atom is 0.490 e. The fraction of sp³-hybridized carbons (Fsp3) is 0.476. The van der Waals surface area contributed by atoms with Crippen LogP contribution in [-0.2, 0) is 17.8 Å². The maximum atomic E-state index is 12.6. The summed E-state index contributed by atoms with van der Waals surface area (Å²) in [5, 5.41) is 18.0. The minimum Gasteiger partial charge on any atom is -0.475 e. The highest BCUT2D eigenvalue weighted by Gasteiger charge is 2.38. The number of urea groups is 1. The van der Waals surface area contributed by atoms with Crippen LogP contribution in [0.5, 0.6) is 0 Å². The van der Waals surface area contributed by atoms with Crippen molar-refractivity contribution in [1.82, 2.24) is 20.0 Å². The number of aryl methyl sites for hydroxylation is 1. The van der Waals surface area contributed by atoms with E-state index in [1.807, 2.05) is 21.8 Å². The number of likely N-dealkylation sites (tertiary alicyclic amines) is 1. The molecule has 2 amide bonds. The van der Waals surface area contributed by atoms with Crippen LogP contribution in [0.25, 0.3) is 0 Å². The van der Waals surface area contributed by atoms with Gasteiger partial charge in [0.1, 0.15) is 0 Å². The van der Waals surface area contributed by atoms with Gasteiger partial charge in [-0.25, -0.2) is 9.59 Å². The number of carboxylic acid groups (broad SMARTS) is 1. The van der Waals surface area contributed by atoms with Crippen LogP contribution in [0.15, 0.2) is 30.6 Å². The number of piperidine rings is 1. The van der Waals surface area contributed by atoms with Crippen molar-refractivity contribution in [3.8, 4) is 0 Å². The first-order chi connectivity index (χ1) is 15.1. The van der Waals surface area contributed by atoms with Gasteiger partial charge in [0.2, 0.25) is 0 Å². The number of hydrogen-bond donors (Lipinski definition) is 3. The molecule has 11 heteroatoms. The van der Waals surface area contributed by atoms with Gasteiger partial charge in [-0.2, -0.15) is 18.3 Å². The summed E-state index contributed by atoms with van der Waals surface area (Å²) in [5.41, 5.74) is 4.74. The number of nitrogens with one attached hydrogen (secondary N) is 2. The highest BCUT2D eigenvalue weighted by molar-refractivity contribution is 5.89. The monoisotopic (exact) mass is 453 g/mol. The number of carboxylic acids is 1. The fourth-order valence-corrected chi connectivity index (χ4v) is 3.73. The van der Waals surface area contributed by atoms with Crippen molar-refractivity contribution in [3.63, 3.8) is 0 Å². The van der Waals surface area contributed by atoms with Crippen LogP contribution in [-0.4, -0.2) is 57.6 Å². The molecular weight excluding hydrogens is 427 g/mol. The van der Waals surface area contributed by atoms with Gasteiger partial charge >= 0.3 is 18.2 Å². The lowest BCUT2D eigenvalue weighted by Gasteiger charge is -2.32. The molecule has 2 aliphatic heterocycles. The zero-order valence-corrected chi connectivity index (χ0v) is 17.7. The van der Waals surface area contributed by atoms with E-state index in [2.05, 4.69) is 41.0 Å². The minimum atomic E-state index is -5.08. The van der Waals surface area contributed by atoms with Crippen LogP contribution >= 0.6 is 0 Å². The Morgan fingerprint density at radius 3 is 2.50 bits per heavy atom.